The monoisotopic (exact) mass is 445 g/mol. The van der Waals surface area contributed by atoms with Crippen molar-refractivity contribution in [3.8, 4) is 0 Å². The number of nitrogens with one attached hydrogen (secondary N) is 2. The van der Waals surface area contributed by atoms with Crippen molar-refractivity contribution in [3.05, 3.63) is 55.2 Å². The molecule has 7 nitrogen and oxygen atoms in total. The fourth-order valence-electron chi connectivity index (χ4n) is 3.34. The van der Waals surface area contributed by atoms with E-state index in [-0.39, 0.29) is 30.3 Å². The summed E-state index contributed by atoms with van der Waals surface area (Å²) in [5, 5.41) is 7.74. The van der Waals surface area contributed by atoms with Gasteiger partial charge in [0.1, 0.15) is 10.0 Å². The van der Waals surface area contributed by atoms with Gasteiger partial charge < -0.3 is 15.2 Å². The van der Waals surface area contributed by atoms with Crippen molar-refractivity contribution < 1.29 is 9.59 Å². The van der Waals surface area contributed by atoms with Gasteiger partial charge in [-0.2, -0.15) is 0 Å². The lowest BCUT2D eigenvalue weighted by Crippen LogP contribution is -2.31. The maximum atomic E-state index is 13.0. The Morgan fingerprint density at radius 1 is 1.00 bits per heavy atom. The molecule has 0 saturated heterocycles. The molecule has 2 atom stereocenters. The quantitative estimate of drug-likeness (QED) is 0.579. The topological polar surface area (TPSA) is 88.9 Å². The number of aromatic nitrogens is 3. The molecule has 3 heterocycles. The van der Waals surface area contributed by atoms with E-state index in [1.165, 1.54) is 0 Å². The fourth-order valence-corrected chi connectivity index (χ4v) is 4.89. The van der Waals surface area contributed by atoms with Crippen LogP contribution in [0.4, 0.5) is 0 Å². The zero-order valence-electron chi connectivity index (χ0n) is 18.1. The number of thiazole rings is 2. The average Bonchev–Trinajstić information content (AvgIpc) is 3.35. The molecular weight excluding hydrogens is 418 g/mol. The molecule has 9 heteroatoms. The van der Waals surface area contributed by atoms with Crippen molar-refractivity contribution in [2.24, 2.45) is 7.05 Å². The SMILES string of the molecule is Cc1cnc(C(C)NC(=O)Cc2c(C(=O)NC(C)c3ncc(C)s3)c(C)cn2C)s1. The first-order valence-corrected chi connectivity index (χ1v) is 11.4. The molecule has 0 fully saturated rings. The van der Waals surface area contributed by atoms with Crippen LogP contribution < -0.4 is 10.6 Å². The summed E-state index contributed by atoms with van der Waals surface area (Å²) in [5.41, 5.74) is 2.07. The molecule has 0 aliphatic rings. The van der Waals surface area contributed by atoms with Gasteiger partial charge in [0.25, 0.3) is 5.91 Å². The van der Waals surface area contributed by atoms with E-state index in [1.54, 1.807) is 35.1 Å². The molecule has 0 saturated carbocycles. The Kier molecular flexibility index (Phi) is 6.72. The van der Waals surface area contributed by atoms with Crippen LogP contribution in [0, 0.1) is 20.8 Å². The second-order valence-electron chi connectivity index (χ2n) is 7.52. The van der Waals surface area contributed by atoms with Gasteiger partial charge >= 0.3 is 0 Å². The molecule has 3 aromatic rings. The first kappa shape index (κ1) is 22.2. The highest BCUT2D eigenvalue weighted by Gasteiger charge is 2.24. The lowest BCUT2D eigenvalue weighted by atomic mass is 10.1. The Hall–Kier alpha value is -2.52. The normalized spacial score (nSPS) is 13.1. The van der Waals surface area contributed by atoms with Gasteiger partial charge in [-0.25, -0.2) is 9.97 Å². The maximum Gasteiger partial charge on any atom is 0.253 e. The van der Waals surface area contributed by atoms with E-state index < -0.39 is 0 Å². The number of aryl methyl sites for hydroxylation is 4. The number of hydrogen-bond donors (Lipinski definition) is 2. The van der Waals surface area contributed by atoms with Crippen LogP contribution in [0.15, 0.2) is 18.6 Å². The zero-order chi connectivity index (χ0) is 22.0. The number of nitrogens with zero attached hydrogens (tertiary/aromatic N) is 3. The minimum atomic E-state index is -0.203. The molecule has 3 rings (SSSR count). The van der Waals surface area contributed by atoms with Crippen molar-refractivity contribution in [2.45, 2.75) is 53.1 Å². The van der Waals surface area contributed by atoms with Crippen molar-refractivity contribution in [1.29, 1.82) is 0 Å². The van der Waals surface area contributed by atoms with Gasteiger partial charge in [0.15, 0.2) is 0 Å². The van der Waals surface area contributed by atoms with Crippen molar-refractivity contribution >= 4 is 34.5 Å². The molecule has 0 bridgehead atoms. The van der Waals surface area contributed by atoms with Crippen LogP contribution in [0.2, 0.25) is 0 Å². The van der Waals surface area contributed by atoms with Gasteiger partial charge in [-0.3, -0.25) is 9.59 Å². The smallest absolute Gasteiger partial charge is 0.253 e. The molecule has 0 aliphatic heterocycles. The summed E-state index contributed by atoms with van der Waals surface area (Å²) in [6.45, 7) is 9.69. The molecule has 0 aromatic carbocycles. The van der Waals surface area contributed by atoms with Crippen molar-refractivity contribution in [2.75, 3.05) is 0 Å². The van der Waals surface area contributed by atoms with Gasteiger partial charge in [-0.15, -0.1) is 22.7 Å². The Morgan fingerprint density at radius 2 is 1.53 bits per heavy atom. The molecule has 160 valence electrons. The van der Waals surface area contributed by atoms with Crippen LogP contribution >= 0.6 is 22.7 Å². The molecule has 2 unspecified atom stereocenters. The third kappa shape index (κ3) is 4.96. The summed E-state index contributed by atoms with van der Waals surface area (Å²) in [5.74, 6) is -0.339. The molecule has 30 heavy (non-hydrogen) atoms. The van der Waals surface area contributed by atoms with Gasteiger partial charge in [-0.1, -0.05) is 0 Å². The third-order valence-electron chi connectivity index (χ3n) is 4.80. The summed E-state index contributed by atoms with van der Waals surface area (Å²) in [4.78, 5) is 36.6. The highest BCUT2D eigenvalue weighted by atomic mass is 32.1. The second kappa shape index (κ2) is 9.09. The molecule has 0 spiro atoms. The summed E-state index contributed by atoms with van der Waals surface area (Å²) < 4.78 is 1.85. The number of rotatable bonds is 7. The number of hydrogen-bond acceptors (Lipinski definition) is 6. The van der Waals surface area contributed by atoms with E-state index in [9.17, 15) is 9.59 Å². The minimum Gasteiger partial charge on any atom is -0.353 e. The van der Waals surface area contributed by atoms with Gasteiger partial charge in [0, 0.05) is 41.1 Å². The average molecular weight is 446 g/mol. The van der Waals surface area contributed by atoms with Crippen molar-refractivity contribution in [3.63, 3.8) is 0 Å². The Balaban J connectivity index is 1.72. The van der Waals surface area contributed by atoms with E-state index in [2.05, 4.69) is 20.6 Å². The number of carbonyl (C=O) groups excluding carboxylic acids is 2. The summed E-state index contributed by atoms with van der Waals surface area (Å²) >= 11 is 3.13. The lowest BCUT2D eigenvalue weighted by Gasteiger charge is -2.15. The Bertz CT molecular complexity index is 1070. The molecular formula is C21H27N5O2S2. The predicted molar refractivity (Wildman–Crippen MR) is 120 cm³/mol. The molecule has 0 radical (unpaired) electrons. The second-order valence-corrected chi connectivity index (χ2v) is 10.1. The fraction of sp³-hybridized carbons (Fsp3) is 0.429. The zero-order valence-corrected chi connectivity index (χ0v) is 19.7. The van der Waals surface area contributed by atoms with Gasteiger partial charge in [-0.05, 0) is 40.2 Å². The lowest BCUT2D eigenvalue weighted by molar-refractivity contribution is -0.121. The summed E-state index contributed by atoms with van der Waals surface area (Å²) in [6, 6.07) is -0.381. The maximum absolute atomic E-state index is 13.0. The van der Waals surface area contributed by atoms with E-state index in [1.807, 2.05) is 52.4 Å². The van der Waals surface area contributed by atoms with E-state index in [0.29, 0.717) is 11.3 Å². The van der Waals surface area contributed by atoms with E-state index in [0.717, 1.165) is 25.3 Å². The molecule has 2 amide bonds. The molecule has 0 aliphatic carbocycles. The Labute approximate surface area is 184 Å². The number of carbonyl (C=O) groups is 2. The highest BCUT2D eigenvalue weighted by Crippen LogP contribution is 2.23. The van der Waals surface area contributed by atoms with Crippen LogP contribution in [-0.4, -0.2) is 26.3 Å². The minimum absolute atomic E-state index is 0.118. The van der Waals surface area contributed by atoms with E-state index >= 15 is 0 Å². The summed E-state index contributed by atoms with van der Waals surface area (Å²) in [6.07, 6.45) is 5.60. The van der Waals surface area contributed by atoms with Crippen molar-refractivity contribution in [1.82, 2.24) is 25.2 Å². The largest absolute Gasteiger partial charge is 0.353 e. The third-order valence-corrected chi connectivity index (χ3v) is 6.99. The molecule has 2 N–H and O–H groups in total. The standard InChI is InChI=1S/C21H27N5O2S2/c1-11-10-26(6)16(7-17(27)24-14(4)20-22-8-12(2)29-20)18(11)19(28)25-15(5)21-23-9-13(3)30-21/h8-10,14-15H,7H2,1-6H3,(H,24,27)(H,25,28). The van der Waals surface area contributed by atoms with Crippen LogP contribution in [-0.2, 0) is 18.3 Å². The first-order chi connectivity index (χ1) is 14.2. The van der Waals surface area contributed by atoms with Crippen LogP contribution in [0.1, 0.15) is 67.3 Å². The van der Waals surface area contributed by atoms with Crippen LogP contribution in [0.25, 0.3) is 0 Å². The summed E-state index contributed by atoms with van der Waals surface area (Å²) in [7, 11) is 1.85. The molecule has 3 aromatic heterocycles. The van der Waals surface area contributed by atoms with E-state index in [4.69, 9.17) is 0 Å². The van der Waals surface area contributed by atoms with Crippen LogP contribution in [0.3, 0.4) is 0 Å². The van der Waals surface area contributed by atoms with Crippen LogP contribution in [0.5, 0.6) is 0 Å². The number of amides is 2. The van der Waals surface area contributed by atoms with Gasteiger partial charge in [0.05, 0.1) is 24.1 Å². The Morgan fingerprint density at radius 3 is 2.03 bits per heavy atom. The van der Waals surface area contributed by atoms with Gasteiger partial charge in [0.2, 0.25) is 5.91 Å². The first-order valence-electron chi connectivity index (χ1n) is 9.75. The predicted octanol–water partition coefficient (Wildman–Crippen LogP) is 3.77. The highest BCUT2D eigenvalue weighted by molar-refractivity contribution is 7.11.